The van der Waals surface area contributed by atoms with Crippen molar-refractivity contribution >= 4 is 40.2 Å². The van der Waals surface area contributed by atoms with E-state index in [-0.39, 0.29) is 24.2 Å². The van der Waals surface area contributed by atoms with Gasteiger partial charge in [0, 0.05) is 44.5 Å². The number of hydrogen-bond donors (Lipinski definition) is 4. The maximum atomic E-state index is 12.7. The van der Waals surface area contributed by atoms with Gasteiger partial charge < -0.3 is 25.2 Å². The number of fused-ring (bicyclic) bond motifs is 1. The van der Waals surface area contributed by atoms with Gasteiger partial charge in [-0.15, -0.1) is 11.8 Å². The van der Waals surface area contributed by atoms with E-state index in [1.54, 1.807) is 17.8 Å². The molecule has 0 unspecified atom stereocenters. The van der Waals surface area contributed by atoms with Crippen molar-refractivity contribution in [3.8, 4) is 5.75 Å². The molecule has 1 aliphatic heterocycles. The Hall–Kier alpha value is -2.43. The number of nitrogens with one attached hydrogen (secondary N) is 2. The number of nitrogens with zero attached hydrogens (tertiary/aromatic N) is 2. The number of nitrogens with two attached hydrogens (primary N) is 1. The third-order valence-corrected chi connectivity index (χ3v) is 7.01. The lowest BCUT2D eigenvalue weighted by atomic mass is 10.1. The zero-order valence-electron chi connectivity index (χ0n) is 20.2. The summed E-state index contributed by atoms with van der Waals surface area (Å²) in [7, 11) is 0. The topological polar surface area (TPSA) is 124 Å². The molecular formula is C24H37N5O4S. The third-order valence-electron chi connectivity index (χ3n) is 6.25. The summed E-state index contributed by atoms with van der Waals surface area (Å²) in [6, 6.07) is 3.80. The zero-order chi connectivity index (χ0) is 24.5. The molecule has 1 saturated heterocycles. The van der Waals surface area contributed by atoms with Crippen LogP contribution >= 0.6 is 11.8 Å². The van der Waals surface area contributed by atoms with Crippen molar-refractivity contribution in [1.29, 1.82) is 0 Å². The number of amides is 2. The second-order valence-electron chi connectivity index (χ2n) is 8.58. The molecule has 34 heavy (non-hydrogen) atoms. The van der Waals surface area contributed by atoms with Crippen LogP contribution in [0.15, 0.2) is 17.2 Å². The molecule has 0 spiro atoms. The van der Waals surface area contributed by atoms with Crippen LogP contribution in [0.25, 0.3) is 10.9 Å². The van der Waals surface area contributed by atoms with Gasteiger partial charge in [0.2, 0.25) is 11.8 Å². The second-order valence-corrected chi connectivity index (χ2v) is 9.40. The minimum absolute atomic E-state index is 0.140. The van der Waals surface area contributed by atoms with Gasteiger partial charge in [-0.25, -0.2) is 5.90 Å². The minimum atomic E-state index is -0.233. The number of anilines is 1. The smallest absolute Gasteiger partial charge is 0.248 e. The number of thioether (sulfide) groups is 1. The molecule has 3 rings (SSSR count). The van der Waals surface area contributed by atoms with E-state index < -0.39 is 0 Å². The second kappa shape index (κ2) is 12.9. The summed E-state index contributed by atoms with van der Waals surface area (Å²) in [6.45, 7) is 5.25. The molecule has 2 amide bonds. The molecule has 1 fully saturated rings. The number of hydrogen-bond acceptors (Lipinski definition) is 7. The van der Waals surface area contributed by atoms with Gasteiger partial charge in [0.25, 0.3) is 0 Å². The van der Waals surface area contributed by atoms with Crippen LogP contribution in [0.4, 0.5) is 5.69 Å². The Balaban J connectivity index is 1.52. The van der Waals surface area contributed by atoms with Crippen LogP contribution in [0, 0.1) is 0 Å². The number of carbonyl (C=O) groups excluding carboxylic acids is 2. The van der Waals surface area contributed by atoms with Gasteiger partial charge in [0.1, 0.15) is 18.0 Å². The van der Waals surface area contributed by atoms with E-state index in [1.807, 2.05) is 11.0 Å². The van der Waals surface area contributed by atoms with Crippen molar-refractivity contribution in [3.05, 3.63) is 17.7 Å². The number of phenols is 1. The Labute approximate surface area is 205 Å². The number of piperazine rings is 1. The number of aromatic hydroxyl groups is 1. The molecule has 10 heteroatoms. The number of H-pyrrole nitrogens is 1. The molecule has 188 valence electrons. The molecule has 9 nitrogen and oxygen atoms in total. The van der Waals surface area contributed by atoms with Gasteiger partial charge >= 0.3 is 0 Å². The van der Waals surface area contributed by atoms with Crippen LogP contribution in [-0.4, -0.2) is 72.4 Å². The number of aromatic nitrogens is 1. The number of aryl methyl sites for hydroxylation is 1. The first-order valence-corrected chi connectivity index (χ1v) is 13.2. The summed E-state index contributed by atoms with van der Waals surface area (Å²) in [5.74, 6) is 5.07. The first kappa shape index (κ1) is 26.2. The molecule has 5 N–H and O–H groups in total. The molecule has 0 saturated carbocycles. The molecule has 2 aromatic rings. The van der Waals surface area contributed by atoms with Crippen molar-refractivity contribution < 1.29 is 19.5 Å². The van der Waals surface area contributed by atoms with E-state index in [0.717, 1.165) is 48.3 Å². The van der Waals surface area contributed by atoms with Crippen molar-refractivity contribution in [3.63, 3.8) is 0 Å². The van der Waals surface area contributed by atoms with Crippen LogP contribution in [-0.2, 0) is 20.8 Å². The molecule has 0 bridgehead atoms. The fraction of sp³-hybridized carbons (Fsp3) is 0.583. The molecule has 0 aliphatic carbocycles. The Morgan fingerprint density at radius 1 is 1.21 bits per heavy atom. The predicted molar refractivity (Wildman–Crippen MR) is 136 cm³/mol. The SMILES string of the molecule is CCCc1c(SC)[nH]c2c(N3CCN(C(=O)CCCCCNC(=O)CON)CC3)c(O)ccc12. The number of rotatable bonds is 12. The Bertz CT molecular complexity index is 972. The molecule has 2 heterocycles. The molecular weight excluding hydrogens is 454 g/mol. The third kappa shape index (κ3) is 6.37. The number of unbranched alkanes of at least 4 members (excludes halogenated alkanes) is 2. The van der Waals surface area contributed by atoms with E-state index in [9.17, 15) is 14.7 Å². The fourth-order valence-electron chi connectivity index (χ4n) is 4.53. The Kier molecular flexibility index (Phi) is 9.91. The Morgan fingerprint density at radius 3 is 2.65 bits per heavy atom. The number of carbonyl (C=O) groups is 2. The standard InChI is InChI=1S/C24H37N5O4S/c1-3-7-18-17-9-10-19(30)23(22(17)27-24(18)34-2)29-14-12-28(13-15-29)21(32)8-5-4-6-11-26-20(31)16-33-25/h9-10,27,30H,3-8,11-16,25H2,1-2H3,(H,26,31). The zero-order valence-corrected chi connectivity index (χ0v) is 21.0. The summed E-state index contributed by atoms with van der Waals surface area (Å²) in [5.41, 5.74) is 3.13. The lowest BCUT2D eigenvalue weighted by Crippen LogP contribution is -2.48. The highest BCUT2D eigenvalue weighted by molar-refractivity contribution is 7.98. The molecule has 0 atom stereocenters. The predicted octanol–water partition coefficient (Wildman–Crippen LogP) is 2.76. The van der Waals surface area contributed by atoms with Crippen molar-refractivity contribution in [2.45, 2.75) is 50.5 Å². The van der Waals surface area contributed by atoms with Crippen LogP contribution in [0.2, 0.25) is 0 Å². The van der Waals surface area contributed by atoms with E-state index in [2.05, 4.69) is 33.2 Å². The van der Waals surface area contributed by atoms with Crippen LogP contribution in [0.5, 0.6) is 5.75 Å². The molecule has 1 aliphatic rings. The van der Waals surface area contributed by atoms with Crippen LogP contribution in [0.1, 0.15) is 44.6 Å². The summed E-state index contributed by atoms with van der Waals surface area (Å²) in [5, 5.41) is 15.7. The number of benzene rings is 1. The highest BCUT2D eigenvalue weighted by atomic mass is 32.2. The van der Waals surface area contributed by atoms with E-state index >= 15 is 0 Å². The first-order valence-electron chi connectivity index (χ1n) is 12.0. The van der Waals surface area contributed by atoms with E-state index in [4.69, 9.17) is 5.90 Å². The average molecular weight is 492 g/mol. The maximum absolute atomic E-state index is 12.7. The first-order chi connectivity index (χ1) is 16.5. The Morgan fingerprint density at radius 2 is 1.97 bits per heavy atom. The summed E-state index contributed by atoms with van der Waals surface area (Å²) >= 11 is 1.70. The van der Waals surface area contributed by atoms with Crippen LogP contribution < -0.4 is 16.1 Å². The molecule has 1 aromatic heterocycles. The van der Waals surface area contributed by atoms with E-state index in [0.29, 0.717) is 39.1 Å². The van der Waals surface area contributed by atoms with Crippen molar-refractivity contribution in [2.24, 2.45) is 5.90 Å². The van der Waals surface area contributed by atoms with Crippen LogP contribution in [0.3, 0.4) is 0 Å². The summed E-state index contributed by atoms with van der Waals surface area (Å²) in [6.07, 6.45) is 7.12. The van der Waals surface area contributed by atoms with Gasteiger partial charge in [-0.2, -0.15) is 0 Å². The van der Waals surface area contributed by atoms with Crippen molar-refractivity contribution in [2.75, 3.05) is 50.5 Å². The largest absolute Gasteiger partial charge is 0.506 e. The van der Waals surface area contributed by atoms with Gasteiger partial charge in [-0.3, -0.25) is 14.4 Å². The van der Waals surface area contributed by atoms with Gasteiger partial charge in [-0.1, -0.05) is 19.8 Å². The van der Waals surface area contributed by atoms with Gasteiger partial charge in [0.15, 0.2) is 0 Å². The summed E-state index contributed by atoms with van der Waals surface area (Å²) in [4.78, 5) is 35.9. The maximum Gasteiger partial charge on any atom is 0.248 e. The van der Waals surface area contributed by atoms with E-state index in [1.165, 1.54) is 10.9 Å². The lowest BCUT2D eigenvalue weighted by molar-refractivity contribution is -0.131. The monoisotopic (exact) mass is 491 g/mol. The normalized spacial score (nSPS) is 14.1. The quantitative estimate of drug-likeness (QED) is 0.204. The highest BCUT2D eigenvalue weighted by Gasteiger charge is 2.25. The van der Waals surface area contributed by atoms with Gasteiger partial charge in [-0.05, 0) is 43.2 Å². The minimum Gasteiger partial charge on any atom is -0.506 e. The van der Waals surface area contributed by atoms with Gasteiger partial charge in [0.05, 0.1) is 10.5 Å². The number of aromatic amines is 1. The molecule has 0 radical (unpaired) electrons. The molecule has 1 aromatic carbocycles. The number of phenolic OH excluding ortho intramolecular Hbond substituents is 1. The summed E-state index contributed by atoms with van der Waals surface area (Å²) < 4.78 is 0. The lowest BCUT2D eigenvalue weighted by Gasteiger charge is -2.36. The van der Waals surface area contributed by atoms with Crippen molar-refractivity contribution in [1.82, 2.24) is 15.2 Å². The fourth-order valence-corrected chi connectivity index (χ4v) is 5.19. The average Bonchev–Trinajstić information content (AvgIpc) is 3.19. The highest BCUT2D eigenvalue weighted by Crippen LogP contribution is 2.40.